The van der Waals surface area contributed by atoms with Gasteiger partial charge in [-0.3, -0.25) is 0 Å². The van der Waals surface area contributed by atoms with Gasteiger partial charge in [0.2, 0.25) is 0 Å². The van der Waals surface area contributed by atoms with Gasteiger partial charge in [-0.25, -0.2) is 0 Å². The summed E-state index contributed by atoms with van der Waals surface area (Å²) in [6.07, 6.45) is 3.67. The Hall–Kier alpha value is -0.860. The molecule has 0 saturated heterocycles. The van der Waals surface area contributed by atoms with Crippen LogP contribution in [0.5, 0.6) is 0 Å². The molecule has 0 amide bonds. The van der Waals surface area contributed by atoms with Crippen LogP contribution in [-0.4, -0.2) is 19.8 Å². The van der Waals surface area contributed by atoms with Crippen LogP contribution < -0.4 is 5.32 Å². The van der Waals surface area contributed by atoms with Crippen LogP contribution >= 0.6 is 0 Å². The predicted molar refractivity (Wildman–Crippen MR) is 91.9 cm³/mol. The van der Waals surface area contributed by atoms with Gasteiger partial charge in [-0.15, -0.1) is 0 Å². The third-order valence-electron chi connectivity index (χ3n) is 3.81. The van der Waals surface area contributed by atoms with E-state index in [-0.39, 0.29) is 5.41 Å². The smallest absolute Gasteiger partial charge is 0.0661 e. The molecule has 1 aromatic rings. The minimum atomic E-state index is 0.211. The van der Waals surface area contributed by atoms with Crippen LogP contribution in [-0.2, 0) is 10.2 Å². The largest absolute Gasteiger partial charge is 0.379 e. The fourth-order valence-electron chi connectivity index (χ4n) is 2.39. The molecule has 120 valence electrons. The molecule has 2 heteroatoms. The molecule has 1 rings (SSSR count). The monoisotopic (exact) mass is 291 g/mol. The van der Waals surface area contributed by atoms with Gasteiger partial charge in [0.1, 0.15) is 0 Å². The maximum absolute atomic E-state index is 5.84. The molecule has 1 aromatic carbocycles. The van der Waals surface area contributed by atoms with Crippen LogP contribution in [0.1, 0.15) is 71.0 Å². The van der Waals surface area contributed by atoms with E-state index in [4.69, 9.17) is 4.74 Å². The van der Waals surface area contributed by atoms with Crippen molar-refractivity contribution >= 4 is 0 Å². The number of likely N-dealkylation sites (N-methyl/N-ethyl adjacent to an activating group) is 1. The third-order valence-corrected chi connectivity index (χ3v) is 3.81. The van der Waals surface area contributed by atoms with Crippen LogP contribution in [0.3, 0.4) is 0 Å². The molecule has 0 heterocycles. The van der Waals surface area contributed by atoms with Gasteiger partial charge in [0.15, 0.2) is 0 Å². The number of hydrogen-bond acceptors (Lipinski definition) is 2. The van der Waals surface area contributed by atoms with Crippen LogP contribution in [0.25, 0.3) is 0 Å². The summed E-state index contributed by atoms with van der Waals surface area (Å²) in [5.41, 5.74) is 2.91. The quantitative estimate of drug-likeness (QED) is 0.657. The molecule has 21 heavy (non-hydrogen) atoms. The summed E-state index contributed by atoms with van der Waals surface area (Å²) in [5.74, 6) is 0. The van der Waals surface area contributed by atoms with Crippen molar-refractivity contribution in [3.63, 3.8) is 0 Å². The van der Waals surface area contributed by atoms with Crippen molar-refractivity contribution in [2.24, 2.45) is 0 Å². The van der Waals surface area contributed by atoms with E-state index in [9.17, 15) is 0 Å². The molecule has 0 fully saturated rings. The first-order valence-electron chi connectivity index (χ1n) is 8.40. The molecule has 1 unspecified atom stereocenters. The van der Waals surface area contributed by atoms with Crippen LogP contribution in [0, 0.1) is 0 Å². The Morgan fingerprint density at radius 3 is 2.24 bits per heavy atom. The summed E-state index contributed by atoms with van der Waals surface area (Å²) in [5, 5.41) is 3.52. The third kappa shape index (κ3) is 6.62. The SMILES string of the molecule is CCCCCOCC(NCC)c1ccc(C(C)(C)C)cc1. The van der Waals surface area contributed by atoms with E-state index >= 15 is 0 Å². The van der Waals surface area contributed by atoms with Gasteiger partial charge >= 0.3 is 0 Å². The van der Waals surface area contributed by atoms with Crippen molar-refractivity contribution < 1.29 is 4.74 Å². The normalized spacial score (nSPS) is 13.4. The molecule has 0 aromatic heterocycles. The Morgan fingerprint density at radius 1 is 1.05 bits per heavy atom. The minimum Gasteiger partial charge on any atom is -0.379 e. The van der Waals surface area contributed by atoms with E-state index in [0.29, 0.717) is 6.04 Å². The number of nitrogens with one attached hydrogen (secondary N) is 1. The van der Waals surface area contributed by atoms with E-state index in [1.54, 1.807) is 0 Å². The molecule has 0 aliphatic carbocycles. The highest BCUT2D eigenvalue weighted by molar-refractivity contribution is 5.29. The van der Waals surface area contributed by atoms with Crippen LogP contribution in [0.4, 0.5) is 0 Å². The zero-order valence-corrected chi connectivity index (χ0v) is 14.5. The summed E-state index contributed by atoms with van der Waals surface area (Å²) in [4.78, 5) is 0. The lowest BCUT2D eigenvalue weighted by Gasteiger charge is -2.22. The molecular weight excluding hydrogens is 258 g/mol. The highest BCUT2D eigenvalue weighted by Crippen LogP contribution is 2.24. The number of rotatable bonds is 9. The average Bonchev–Trinajstić information content (AvgIpc) is 2.45. The van der Waals surface area contributed by atoms with Crippen molar-refractivity contribution in [1.29, 1.82) is 0 Å². The van der Waals surface area contributed by atoms with Gasteiger partial charge in [0.05, 0.1) is 12.6 Å². The maximum atomic E-state index is 5.84. The van der Waals surface area contributed by atoms with Gasteiger partial charge in [-0.2, -0.15) is 0 Å². The summed E-state index contributed by atoms with van der Waals surface area (Å²) < 4.78 is 5.84. The second-order valence-electron chi connectivity index (χ2n) is 6.76. The zero-order valence-electron chi connectivity index (χ0n) is 14.5. The van der Waals surface area contributed by atoms with Crippen molar-refractivity contribution in [2.75, 3.05) is 19.8 Å². The van der Waals surface area contributed by atoms with Crippen molar-refractivity contribution in [2.45, 2.75) is 65.3 Å². The van der Waals surface area contributed by atoms with Crippen molar-refractivity contribution in [3.8, 4) is 0 Å². The number of ether oxygens (including phenoxy) is 1. The van der Waals surface area contributed by atoms with E-state index in [1.165, 1.54) is 24.0 Å². The fourth-order valence-corrected chi connectivity index (χ4v) is 2.39. The summed E-state index contributed by atoms with van der Waals surface area (Å²) >= 11 is 0. The topological polar surface area (TPSA) is 21.3 Å². The van der Waals surface area contributed by atoms with Gasteiger partial charge < -0.3 is 10.1 Å². The number of benzene rings is 1. The Bertz CT molecular complexity index is 378. The first kappa shape index (κ1) is 18.2. The molecule has 0 aliphatic rings. The van der Waals surface area contributed by atoms with Gasteiger partial charge in [-0.05, 0) is 29.5 Å². The molecular formula is C19H33NO. The molecule has 0 saturated carbocycles. The Kier molecular flexibility index (Phi) is 7.98. The van der Waals surface area contributed by atoms with E-state index in [0.717, 1.165) is 26.2 Å². The van der Waals surface area contributed by atoms with E-state index in [2.05, 4.69) is 64.2 Å². The van der Waals surface area contributed by atoms with Gasteiger partial charge in [0, 0.05) is 6.61 Å². The van der Waals surface area contributed by atoms with Gasteiger partial charge in [0.25, 0.3) is 0 Å². The Morgan fingerprint density at radius 2 is 1.71 bits per heavy atom. The van der Waals surface area contributed by atoms with Crippen LogP contribution in [0.15, 0.2) is 24.3 Å². The van der Waals surface area contributed by atoms with E-state index < -0.39 is 0 Å². The second-order valence-corrected chi connectivity index (χ2v) is 6.76. The first-order valence-corrected chi connectivity index (χ1v) is 8.40. The molecule has 0 bridgehead atoms. The summed E-state index contributed by atoms with van der Waals surface area (Å²) in [7, 11) is 0. The van der Waals surface area contributed by atoms with E-state index in [1.807, 2.05) is 0 Å². The highest BCUT2D eigenvalue weighted by atomic mass is 16.5. The van der Waals surface area contributed by atoms with Crippen molar-refractivity contribution in [1.82, 2.24) is 5.32 Å². The minimum absolute atomic E-state index is 0.211. The molecule has 0 spiro atoms. The molecule has 0 aliphatic heterocycles. The summed E-state index contributed by atoms with van der Waals surface area (Å²) in [6, 6.07) is 9.27. The molecule has 0 radical (unpaired) electrons. The van der Waals surface area contributed by atoms with Crippen LogP contribution in [0.2, 0.25) is 0 Å². The van der Waals surface area contributed by atoms with Crippen molar-refractivity contribution in [3.05, 3.63) is 35.4 Å². The fraction of sp³-hybridized carbons (Fsp3) is 0.684. The lowest BCUT2D eigenvalue weighted by atomic mass is 9.86. The second kappa shape index (κ2) is 9.22. The lowest BCUT2D eigenvalue weighted by Crippen LogP contribution is -2.25. The standard InChI is InChI=1S/C19H33NO/c1-6-8-9-14-21-15-18(20-7-2)16-10-12-17(13-11-16)19(3,4)5/h10-13,18,20H,6-9,14-15H2,1-5H3. The predicted octanol–water partition coefficient (Wildman–Crippen LogP) is 4.84. The molecule has 1 atom stereocenters. The Balaban J connectivity index is 2.59. The highest BCUT2D eigenvalue weighted by Gasteiger charge is 2.15. The average molecular weight is 291 g/mol. The number of unbranched alkanes of at least 4 members (excludes halogenated alkanes) is 2. The summed E-state index contributed by atoms with van der Waals surface area (Å²) in [6.45, 7) is 13.7. The molecule has 2 nitrogen and oxygen atoms in total. The van der Waals surface area contributed by atoms with Gasteiger partial charge in [-0.1, -0.05) is 71.7 Å². The lowest BCUT2D eigenvalue weighted by molar-refractivity contribution is 0.108. The Labute approximate surface area is 131 Å². The first-order chi connectivity index (χ1) is 9.99. The maximum Gasteiger partial charge on any atom is 0.0661 e. The molecule has 1 N–H and O–H groups in total. The number of hydrogen-bond donors (Lipinski definition) is 1. The zero-order chi connectivity index (χ0) is 15.7.